The van der Waals surface area contributed by atoms with Crippen LogP contribution in [0, 0.1) is 0 Å². The topological polar surface area (TPSA) is 79.0 Å². The van der Waals surface area contributed by atoms with Crippen LogP contribution in [0.1, 0.15) is 51.7 Å². The summed E-state index contributed by atoms with van der Waals surface area (Å²) in [4.78, 5) is 41.2. The largest absolute Gasteiger partial charge is 0.367 e. The fraction of sp³-hybridized carbons (Fsp3) is 0.276. The number of ether oxygens (including phenoxy) is 1. The van der Waals surface area contributed by atoms with Crippen molar-refractivity contribution < 1.29 is 19.1 Å². The highest BCUT2D eigenvalue weighted by Crippen LogP contribution is 2.38. The van der Waals surface area contributed by atoms with E-state index in [2.05, 4.69) is 58.7 Å². The molecule has 7 heteroatoms. The molecule has 182 valence electrons. The average molecular weight is 482 g/mol. The molecule has 3 aromatic rings. The van der Waals surface area contributed by atoms with Crippen LogP contribution in [-0.4, -0.2) is 35.2 Å². The van der Waals surface area contributed by atoms with Gasteiger partial charge in [0.25, 0.3) is 5.91 Å². The number of benzene rings is 3. The second kappa shape index (κ2) is 9.24. The summed E-state index contributed by atoms with van der Waals surface area (Å²) in [5, 5.41) is 2.32. The number of imide groups is 1. The van der Waals surface area contributed by atoms with Crippen molar-refractivity contribution in [1.82, 2.24) is 10.2 Å². The number of nitrogens with one attached hydrogen (secondary N) is 1. The zero-order chi connectivity index (χ0) is 24.6. The summed E-state index contributed by atoms with van der Waals surface area (Å²) in [6, 6.07) is 23.7. The van der Waals surface area contributed by atoms with E-state index in [0.717, 1.165) is 30.6 Å². The van der Waals surface area contributed by atoms with Crippen molar-refractivity contribution in [2.45, 2.75) is 44.7 Å². The first-order valence-corrected chi connectivity index (χ1v) is 12.3. The van der Waals surface area contributed by atoms with Gasteiger partial charge in [-0.15, -0.1) is 0 Å². The normalized spacial score (nSPS) is 19.4. The van der Waals surface area contributed by atoms with Crippen LogP contribution in [0.4, 0.5) is 5.69 Å². The van der Waals surface area contributed by atoms with Crippen LogP contribution in [0.3, 0.4) is 0 Å². The molecule has 0 aliphatic carbocycles. The molecular weight excluding hydrogens is 454 g/mol. The minimum atomic E-state index is -0.641. The van der Waals surface area contributed by atoms with Gasteiger partial charge in [0.05, 0.1) is 12.6 Å². The molecule has 1 saturated heterocycles. The van der Waals surface area contributed by atoms with Crippen LogP contribution in [0.15, 0.2) is 72.8 Å². The van der Waals surface area contributed by atoms with E-state index < -0.39 is 12.3 Å². The summed E-state index contributed by atoms with van der Waals surface area (Å²) >= 11 is 0. The highest BCUT2D eigenvalue weighted by atomic mass is 16.5. The molecule has 0 saturated carbocycles. The molecule has 3 amide bonds. The summed E-state index contributed by atoms with van der Waals surface area (Å²) < 4.78 is 6.29. The molecule has 1 fully saturated rings. The highest BCUT2D eigenvalue weighted by molar-refractivity contribution is 6.02. The average Bonchev–Trinajstić information content (AvgIpc) is 3.41. The molecule has 1 N–H and O–H groups in total. The lowest BCUT2D eigenvalue weighted by Crippen LogP contribution is -2.50. The van der Waals surface area contributed by atoms with Crippen molar-refractivity contribution in [3.8, 4) is 0 Å². The molecule has 3 aliphatic rings. The molecule has 7 nitrogen and oxygen atoms in total. The number of nitrogens with zero attached hydrogens (tertiary/aromatic N) is 2. The maximum atomic E-state index is 13.2. The lowest BCUT2D eigenvalue weighted by atomic mass is 10.0. The maximum absolute atomic E-state index is 13.2. The first kappa shape index (κ1) is 22.5. The van der Waals surface area contributed by atoms with Crippen LogP contribution in [0.2, 0.25) is 0 Å². The van der Waals surface area contributed by atoms with Crippen molar-refractivity contribution in [1.29, 1.82) is 0 Å². The molecule has 0 bridgehead atoms. The van der Waals surface area contributed by atoms with E-state index in [9.17, 15) is 14.4 Å². The molecule has 3 heterocycles. The summed E-state index contributed by atoms with van der Waals surface area (Å²) in [6.07, 6.45) is 0.603. The lowest BCUT2D eigenvalue weighted by molar-refractivity contribution is -0.137. The molecule has 0 spiro atoms. The van der Waals surface area contributed by atoms with Gasteiger partial charge in [0.15, 0.2) is 6.23 Å². The summed E-state index contributed by atoms with van der Waals surface area (Å²) in [5.74, 6) is -0.936. The molecule has 0 radical (unpaired) electrons. The first-order valence-electron chi connectivity index (χ1n) is 12.3. The zero-order valence-electron chi connectivity index (χ0n) is 19.9. The van der Waals surface area contributed by atoms with Crippen LogP contribution < -0.4 is 10.2 Å². The van der Waals surface area contributed by atoms with Gasteiger partial charge >= 0.3 is 0 Å². The Hall–Kier alpha value is -3.97. The first-order chi connectivity index (χ1) is 17.6. The van der Waals surface area contributed by atoms with Gasteiger partial charge < -0.3 is 14.5 Å². The number of hydrogen-bond donors (Lipinski definition) is 1. The van der Waals surface area contributed by atoms with Gasteiger partial charge in [0.2, 0.25) is 11.8 Å². The van der Waals surface area contributed by atoms with Crippen molar-refractivity contribution in [2.75, 3.05) is 11.4 Å². The van der Waals surface area contributed by atoms with Crippen LogP contribution in [0.25, 0.3) is 0 Å². The van der Waals surface area contributed by atoms with E-state index in [-0.39, 0.29) is 30.6 Å². The fourth-order valence-electron chi connectivity index (χ4n) is 5.49. The fourth-order valence-corrected chi connectivity index (χ4v) is 5.49. The number of anilines is 1. The van der Waals surface area contributed by atoms with E-state index in [1.807, 2.05) is 18.2 Å². The molecule has 1 atom stereocenters. The second-order valence-corrected chi connectivity index (χ2v) is 9.61. The van der Waals surface area contributed by atoms with Crippen LogP contribution in [0.5, 0.6) is 0 Å². The van der Waals surface area contributed by atoms with Gasteiger partial charge in [0.1, 0.15) is 0 Å². The third-order valence-electron chi connectivity index (χ3n) is 7.25. The molecule has 36 heavy (non-hydrogen) atoms. The molecule has 3 aliphatic heterocycles. The monoisotopic (exact) mass is 481 g/mol. The summed E-state index contributed by atoms with van der Waals surface area (Å²) in [7, 11) is 0. The molecule has 0 aromatic heterocycles. The Kier molecular flexibility index (Phi) is 5.77. The van der Waals surface area contributed by atoms with E-state index in [4.69, 9.17) is 4.74 Å². The number of carbonyl (C=O) groups excluding carboxylic acids is 3. The Bertz CT molecular complexity index is 1320. The smallest absolute Gasteiger partial charge is 0.256 e. The Morgan fingerprint density at radius 1 is 0.833 bits per heavy atom. The predicted molar refractivity (Wildman–Crippen MR) is 134 cm³/mol. The second-order valence-electron chi connectivity index (χ2n) is 9.61. The van der Waals surface area contributed by atoms with Crippen LogP contribution >= 0.6 is 0 Å². The van der Waals surface area contributed by atoms with Crippen molar-refractivity contribution >= 4 is 23.4 Å². The highest BCUT2D eigenvalue weighted by Gasteiger charge is 2.44. The number of fused-ring (bicyclic) bond motifs is 2. The summed E-state index contributed by atoms with van der Waals surface area (Å²) in [5.41, 5.74) is 6.26. The third kappa shape index (κ3) is 4.16. The minimum absolute atomic E-state index is 0.0830. The Labute approximate surface area is 209 Å². The number of amides is 3. The van der Waals surface area contributed by atoms with Gasteiger partial charge in [-0.3, -0.25) is 19.7 Å². The maximum Gasteiger partial charge on any atom is 0.256 e. The van der Waals surface area contributed by atoms with Gasteiger partial charge in [-0.2, -0.15) is 0 Å². The zero-order valence-corrected chi connectivity index (χ0v) is 19.9. The SMILES string of the molecule is O=C1CC(N2C(=O)c3ccccc3C2OCc2ccc(CN3CCc4ccccc43)cc2)CC(=O)N1. The van der Waals surface area contributed by atoms with Gasteiger partial charge in [0, 0.05) is 42.7 Å². The van der Waals surface area contributed by atoms with Gasteiger partial charge in [-0.25, -0.2) is 0 Å². The number of hydrogen-bond acceptors (Lipinski definition) is 5. The lowest BCUT2D eigenvalue weighted by Gasteiger charge is -2.34. The van der Waals surface area contributed by atoms with E-state index in [0.29, 0.717) is 12.2 Å². The molecular formula is C29H27N3O4. The standard InChI is InChI=1S/C29H27N3O4/c33-26-15-22(16-27(34)30-26)32-28(35)23-6-2-3-7-24(23)29(32)36-18-20-11-9-19(10-12-20)17-31-14-13-21-5-1-4-8-25(21)31/h1-12,22,29H,13-18H2,(H,30,33,34). The minimum Gasteiger partial charge on any atom is -0.367 e. The van der Waals surface area contributed by atoms with Crippen molar-refractivity contribution in [2.24, 2.45) is 0 Å². The van der Waals surface area contributed by atoms with E-state index in [1.165, 1.54) is 16.8 Å². The number of carbonyl (C=O) groups is 3. The molecule has 6 rings (SSSR count). The van der Waals surface area contributed by atoms with Gasteiger partial charge in [-0.05, 0) is 35.2 Å². The third-order valence-corrected chi connectivity index (χ3v) is 7.25. The molecule has 1 unspecified atom stereocenters. The molecule has 3 aromatic carbocycles. The quantitative estimate of drug-likeness (QED) is 0.543. The Balaban J connectivity index is 1.16. The Morgan fingerprint density at radius 2 is 1.53 bits per heavy atom. The summed E-state index contributed by atoms with van der Waals surface area (Å²) in [6.45, 7) is 2.19. The van der Waals surface area contributed by atoms with Crippen molar-refractivity contribution in [3.63, 3.8) is 0 Å². The van der Waals surface area contributed by atoms with E-state index in [1.54, 1.807) is 11.0 Å². The van der Waals surface area contributed by atoms with Crippen LogP contribution in [-0.2, 0) is 33.9 Å². The predicted octanol–water partition coefficient (Wildman–Crippen LogP) is 3.73. The Morgan fingerprint density at radius 3 is 2.33 bits per heavy atom. The number of rotatable bonds is 6. The van der Waals surface area contributed by atoms with Gasteiger partial charge in [-0.1, -0.05) is 60.7 Å². The number of piperidine rings is 1. The number of para-hydroxylation sites is 1. The van der Waals surface area contributed by atoms with E-state index >= 15 is 0 Å². The van der Waals surface area contributed by atoms with Crippen molar-refractivity contribution in [3.05, 3.63) is 101 Å².